The van der Waals surface area contributed by atoms with E-state index in [1.54, 1.807) is 6.07 Å². The molecule has 2 rings (SSSR count). The lowest BCUT2D eigenvalue weighted by molar-refractivity contribution is 0.152. The van der Waals surface area contributed by atoms with Crippen LogP contribution in [0.2, 0.25) is 0 Å². The molecule has 17 heavy (non-hydrogen) atoms. The molecule has 0 radical (unpaired) electrons. The Labute approximate surface area is 102 Å². The fourth-order valence-electron chi connectivity index (χ4n) is 2.11. The summed E-state index contributed by atoms with van der Waals surface area (Å²) in [7, 11) is 1.86. The molecule has 1 saturated heterocycles. The van der Waals surface area contributed by atoms with Crippen LogP contribution in [0.15, 0.2) is 18.2 Å². The van der Waals surface area contributed by atoms with Crippen molar-refractivity contribution < 1.29 is 9.13 Å². The van der Waals surface area contributed by atoms with Gasteiger partial charge in [-0.15, -0.1) is 0 Å². The quantitative estimate of drug-likeness (QED) is 0.868. The Morgan fingerprint density at radius 1 is 1.35 bits per heavy atom. The highest BCUT2D eigenvalue weighted by molar-refractivity contribution is 5.49. The molecule has 1 aliphatic heterocycles. The fourth-order valence-corrected chi connectivity index (χ4v) is 2.11. The van der Waals surface area contributed by atoms with Crippen LogP contribution in [-0.4, -0.2) is 33.4 Å². The van der Waals surface area contributed by atoms with Crippen molar-refractivity contribution in [2.45, 2.75) is 13.0 Å². The Morgan fingerprint density at radius 2 is 2.24 bits per heavy atom. The van der Waals surface area contributed by atoms with Crippen LogP contribution in [0, 0.1) is 5.82 Å². The summed E-state index contributed by atoms with van der Waals surface area (Å²) < 4.78 is 19.4. The van der Waals surface area contributed by atoms with E-state index in [4.69, 9.17) is 4.74 Å². The summed E-state index contributed by atoms with van der Waals surface area (Å²) in [5.74, 6) is -0.139. The Kier molecular flexibility index (Phi) is 4.34. The predicted molar refractivity (Wildman–Crippen MR) is 66.8 cm³/mol. The van der Waals surface area contributed by atoms with Crippen LogP contribution in [0.25, 0.3) is 0 Å². The highest BCUT2D eigenvalue weighted by Gasteiger charge is 2.14. The fraction of sp³-hybridized carbons (Fsp3) is 0.538. The van der Waals surface area contributed by atoms with E-state index in [2.05, 4.69) is 10.2 Å². The molecule has 0 aliphatic carbocycles. The van der Waals surface area contributed by atoms with Gasteiger partial charge in [-0.05, 0) is 31.2 Å². The smallest absolute Gasteiger partial charge is 0.146 e. The molecular weight excluding hydrogens is 219 g/mol. The summed E-state index contributed by atoms with van der Waals surface area (Å²) in [4.78, 5) is 2.06. The lowest BCUT2D eigenvalue weighted by Gasteiger charge is -2.22. The molecule has 3 nitrogen and oxygen atoms in total. The van der Waals surface area contributed by atoms with E-state index in [0.717, 1.165) is 31.7 Å². The maximum Gasteiger partial charge on any atom is 0.146 e. The predicted octanol–water partition coefficient (Wildman–Crippen LogP) is 1.77. The van der Waals surface area contributed by atoms with Crippen molar-refractivity contribution in [2.24, 2.45) is 0 Å². The van der Waals surface area contributed by atoms with Crippen molar-refractivity contribution in [3.63, 3.8) is 0 Å². The van der Waals surface area contributed by atoms with Gasteiger partial charge in [-0.2, -0.15) is 0 Å². The second kappa shape index (κ2) is 5.98. The molecule has 0 unspecified atom stereocenters. The van der Waals surface area contributed by atoms with Crippen molar-refractivity contribution >= 4 is 5.69 Å². The van der Waals surface area contributed by atoms with Crippen LogP contribution in [0.1, 0.15) is 12.0 Å². The minimum Gasteiger partial charge on any atom is -0.380 e. The number of rotatable bonds is 3. The minimum atomic E-state index is -0.139. The number of nitrogens with zero attached hydrogens (tertiary/aromatic N) is 1. The summed E-state index contributed by atoms with van der Waals surface area (Å²) in [6.45, 7) is 3.78. The molecule has 0 amide bonds. The molecule has 1 aliphatic rings. The van der Waals surface area contributed by atoms with Crippen molar-refractivity contribution in [3.8, 4) is 0 Å². The largest absolute Gasteiger partial charge is 0.380 e. The number of halogens is 1. The second-order valence-corrected chi connectivity index (χ2v) is 4.27. The Hall–Kier alpha value is -1.13. The van der Waals surface area contributed by atoms with Gasteiger partial charge in [-0.1, -0.05) is 6.07 Å². The molecule has 0 aromatic heterocycles. The van der Waals surface area contributed by atoms with Crippen LogP contribution in [0.4, 0.5) is 10.1 Å². The highest BCUT2D eigenvalue weighted by atomic mass is 19.1. The third-order valence-corrected chi connectivity index (χ3v) is 2.96. The van der Waals surface area contributed by atoms with Crippen LogP contribution >= 0.6 is 0 Å². The molecule has 4 heteroatoms. The average Bonchev–Trinajstić information content (AvgIpc) is 2.58. The number of ether oxygens (including phenoxy) is 1. The molecule has 0 bridgehead atoms. The summed E-state index contributed by atoms with van der Waals surface area (Å²) in [5.41, 5.74) is 1.66. The van der Waals surface area contributed by atoms with Gasteiger partial charge in [0.05, 0.1) is 12.3 Å². The average molecular weight is 238 g/mol. The van der Waals surface area contributed by atoms with Crippen molar-refractivity contribution in [2.75, 3.05) is 38.3 Å². The molecule has 1 heterocycles. The van der Waals surface area contributed by atoms with Gasteiger partial charge in [-0.3, -0.25) is 0 Å². The summed E-state index contributed by atoms with van der Waals surface area (Å²) in [6, 6.07) is 5.45. The first-order valence-electron chi connectivity index (χ1n) is 6.07. The van der Waals surface area contributed by atoms with Gasteiger partial charge in [0.2, 0.25) is 0 Å². The van der Waals surface area contributed by atoms with E-state index in [9.17, 15) is 4.39 Å². The van der Waals surface area contributed by atoms with E-state index in [1.807, 2.05) is 19.2 Å². The first-order valence-corrected chi connectivity index (χ1v) is 6.07. The monoisotopic (exact) mass is 238 g/mol. The van der Waals surface area contributed by atoms with Crippen LogP contribution in [0.3, 0.4) is 0 Å². The third-order valence-electron chi connectivity index (χ3n) is 2.96. The van der Waals surface area contributed by atoms with Gasteiger partial charge < -0.3 is 15.0 Å². The molecule has 0 saturated carbocycles. The lowest BCUT2D eigenvalue weighted by Crippen LogP contribution is -2.26. The van der Waals surface area contributed by atoms with E-state index in [0.29, 0.717) is 18.8 Å². The normalized spacial score (nSPS) is 16.9. The van der Waals surface area contributed by atoms with Crippen molar-refractivity contribution in [1.82, 2.24) is 5.32 Å². The van der Waals surface area contributed by atoms with E-state index >= 15 is 0 Å². The van der Waals surface area contributed by atoms with E-state index < -0.39 is 0 Å². The number of hydrogen-bond donors (Lipinski definition) is 1. The molecule has 1 fully saturated rings. The Bertz CT molecular complexity index is 362. The van der Waals surface area contributed by atoms with Gasteiger partial charge in [0.1, 0.15) is 5.82 Å². The standard InChI is InChI=1S/C13H19FN2O/c1-15-10-11-3-4-13(12(14)9-11)16-5-2-7-17-8-6-16/h3-4,9,15H,2,5-8,10H2,1H3. The van der Waals surface area contributed by atoms with Crippen LogP contribution in [-0.2, 0) is 11.3 Å². The maximum atomic E-state index is 14.0. The number of benzene rings is 1. The Balaban J connectivity index is 2.14. The third kappa shape index (κ3) is 3.17. The molecule has 1 N–H and O–H groups in total. The lowest BCUT2D eigenvalue weighted by atomic mass is 10.1. The number of anilines is 1. The van der Waals surface area contributed by atoms with Crippen molar-refractivity contribution in [3.05, 3.63) is 29.6 Å². The van der Waals surface area contributed by atoms with Gasteiger partial charge >= 0.3 is 0 Å². The van der Waals surface area contributed by atoms with Crippen molar-refractivity contribution in [1.29, 1.82) is 0 Å². The SMILES string of the molecule is CNCc1ccc(N2CCCOCC2)c(F)c1. The van der Waals surface area contributed by atoms with Gasteiger partial charge in [-0.25, -0.2) is 4.39 Å². The zero-order chi connectivity index (χ0) is 12.1. The highest BCUT2D eigenvalue weighted by Crippen LogP contribution is 2.21. The summed E-state index contributed by atoms with van der Waals surface area (Å²) in [6.07, 6.45) is 0.956. The maximum absolute atomic E-state index is 14.0. The van der Waals surface area contributed by atoms with Gasteiger partial charge in [0.25, 0.3) is 0 Å². The van der Waals surface area contributed by atoms with Gasteiger partial charge in [0.15, 0.2) is 0 Å². The first-order chi connectivity index (χ1) is 8.31. The summed E-state index contributed by atoms with van der Waals surface area (Å²) in [5, 5.41) is 3.02. The van der Waals surface area contributed by atoms with Crippen LogP contribution < -0.4 is 10.2 Å². The first kappa shape index (κ1) is 12.3. The van der Waals surface area contributed by atoms with E-state index in [1.165, 1.54) is 0 Å². The zero-order valence-corrected chi connectivity index (χ0v) is 10.2. The second-order valence-electron chi connectivity index (χ2n) is 4.27. The molecule has 1 aromatic rings. The molecular formula is C13H19FN2O. The molecule has 0 spiro atoms. The van der Waals surface area contributed by atoms with E-state index in [-0.39, 0.29) is 5.82 Å². The molecule has 1 aromatic carbocycles. The zero-order valence-electron chi connectivity index (χ0n) is 10.2. The topological polar surface area (TPSA) is 24.5 Å². The van der Waals surface area contributed by atoms with Gasteiger partial charge in [0, 0.05) is 26.2 Å². The molecule has 94 valence electrons. The van der Waals surface area contributed by atoms with Crippen LogP contribution in [0.5, 0.6) is 0 Å². The summed E-state index contributed by atoms with van der Waals surface area (Å²) >= 11 is 0. The number of nitrogens with one attached hydrogen (secondary N) is 1. The number of hydrogen-bond acceptors (Lipinski definition) is 3. The minimum absolute atomic E-state index is 0.139. The Morgan fingerprint density at radius 3 is 3.00 bits per heavy atom. The molecule has 0 atom stereocenters.